The minimum Gasteiger partial charge on any atom is -0.322 e. The first-order valence-corrected chi connectivity index (χ1v) is 14.9. The average molecular weight is 544 g/mol. The van der Waals surface area contributed by atoms with Crippen molar-refractivity contribution in [3.8, 4) is 0 Å². The maximum atomic E-state index is 13.1. The van der Waals surface area contributed by atoms with Crippen molar-refractivity contribution < 1.29 is 21.6 Å². The predicted molar refractivity (Wildman–Crippen MR) is 140 cm³/mol. The van der Waals surface area contributed by atoms with E-state index in [-0.39, 0.29) is 27.3 Å². The molecule has 2 N–H and O–H groups in total. The lowest BCUT2D eigenvalue weighted by molar-refractivity contribution is 0.102. The number of hydrogen-bond acceptors (Lipinski definition) is 7. The van der Waals surface area contributed by atoms with Gasteiger partial charge in [0.25, 0.3) is 15.9 Å². The van der Waals surface area contributed by atoms with Crippen LogP contribution in [0.2, 0.25) is 0 Å². The van der Waals surface area contributed by atoms with Gasteiger partial charge in [0.1, 0.15) is 0 Å². The Morgan fingerprint density at radius 2 is 1.65 bits per heavy atom. The Morgan fingerprint density at radius 1 is 0.973 bits per heavy atom. The summed E-state index contributed by atoms with van der Waals surface area (Å²) in [6.45, 7) is 4.21. The van der Waals surface area contributed by atoms with Gasteiger partial charge in [-0.25, -0.2) is 31.5 Å². The van der Waals surface area contributed by atoms with Crippen molar-refractivity contribution in [3.05, 3.63) is 72.1 Å². The first-order valence-electron chi connectivity index (χ1n) is 12.0. The Balaban J connectivity index is 1.43. The van der Waals surface area contributed by atoms with Crippen molar-refractivity contribution in [2.75, 3.05) is 16.6 Å². The number of aryl methyl sites for hydroxylation is 1. The van der Waals surface area contributed by atoms with Crippen LogP contribution >= 0.6 is 0 Å². The van der Waals surface area contributed by atoms with E-state index in [0.717, 1.165) is 25.7 Å². The van der Waals surface area contributed by atoms with E-state index in [1.807, 2.05) is 6.92 Å². The normalized spacial score (nSPS) is 16.8. The lowest BCUT2D eigenvalue weighted by Crippen LogP contribution is -2.43. The lowest BCUT2D eigenvalue weighted by Gasteiger charge is -2.34. The van der Waals surface area contributed by atoms with Gasteiger partial charge >= 0.3 is 0 Å². The van der Waals surface area contributed by atoms with Crippen LogP contribution in [0.3, 0.4) is 0 Å². The van der Waals surface area contributed by atoms with Crippen molar-refractivity contribution in [2.24, 2.45) is 0 Å². The van der Waals surface area contributed by atoms with Crippen molar-refractivity contribution in [2.45, 2.75) is 55.4 Å². The van der Waals surface area contributed by atoms with Crippen LogP contribution in [0.5, 0.6) is 0 Å². The summed E-state index contributed by atoms with van der Waals surface area (Å²) in [5.74, 6) is -0.483. The first-order chi connectivity index (χ1) is 17.6. The van der Waals surface area contributed by atoms with E-state index in [1.165, 1.54) is 54.7 Å². The molecule has 1 fully saturated rings. The average Bonchev–Trinajstić information content (AvgIpc) is 2.89. The SMILES string of the molecule is CCC1CCCCN1S(=O)(=O)c1ccc(C(=O)Nc2ccc(S(=O)(=O)Nc3nccc(C)n3)cc2)cc1. The number of piperidine rings is 1. The Kier molecular flexibility index (Phi) is 7.90. The van der Waals surface area contributed by atoms with Crippen LogP contribution in [-0.2, 0) is 20.0 Å². The molecule has 1 aliphatic heterocycles. The fourth-order valence-electron chi connectivity index (χ4n) is 4.21. The molecule has 2 aromatic carbocycles. The van der Waals surface area contributed by atoms with Crippen molar-refractivity contribution >= 4 is 37.6 Å². The number of hydrogen-bond donors (Lipinski definition) is 2. The van der Waals surface area contributed by atoms with Crippen LogP contribution in [0.4, 0.5) is 11.6 Å². The van der Waals surface area contributed by atoms with E-state index in [2.05, 4.69) is 20.0 Å². The minimum atomic E-state index is -3.91. The summed E-state index contributed by atoms with van der Waals surface area (Å²) in [6, 6.07) is 13.1. The Bertz CT molecular complexity index is 1470. The number of aromatic nitrogens is 2. The van der Waals surface area contributed by atoms with Gasteiger partial charge in [-0.05, 0) is 80.8 Å². The molecule has 1 aromatic heterocycles. The molecule has 0 saturated carbocycles. The molecule has 0 radical (unpaired) electrons. The van der Waals surface area contributed by atoms with Gasteiger partial charge in [-0.2, -0.15) is 4.31 Å². The zero-order valence-electron chi connectivity index (χ0n) is 20.6. The monoisotopic (exact) mass is 543 g/mol. The smallest absolute Gasteiger partial charge is 0.264 e. The highest BCUT2D eigenvalue weighted by Gasteiger charge is 2.32. The molecule has 196 valence electrons. The van der Waals surface area contributed by atoms with Gasteiger partial charge in [-0.3, -0.25) is 4.79 Å². The minimum absolute atomic E-state index is 0.00644. The number of rotatable bonds is 8. The molecule has 4 rings (SSSR count). The molecule has 1 atom stereocenters. The van der Waals surface area contributed by atoms with E-state index in [1.54, 1.807) is 17.3 Å². The molecule has 1 saturated heterocycles. The van der Waals surface area contributed by atoms with Gasteiger partial charge in [0.2, 0.25) is 16.0 Å². The van der Waals surface area contributed by atoms with Gasteiger partial charge in [-0.15, -0.1) is 0 Å². The first kappa shape index (κ1) is 26.7. The zero-order chi connectivity index (χ0) is 26.6. The Hall–Kier alpha value is -3.35. The summed E-state index contributed by atoms with van der Waals surface area (Å²) in [7, 11) is -7.55. The van der Waals surface area contributed by atoms with Crippen LogP contribution in [0.1, 0.15) is 48.7 Å². The third kappa shape index (κ3) is 6.14. The fourth-order valence-corrected chi connectivity index (χ4v) is 6.93. The molecule has 12 heteroatoms. The molecule has 2 heterocycles. The van der Waals surface area contributed by atoms with Crippen molar-refractivity contribution in [3.63, 3.8) is 0 Å². The summed E-state index contributed by atoms with van der Waals surface area (Å²) in [6.07, 6.45) is 4.93. The van der Waals surface area contributed by atoms with Crippen LogP contribution < -0.4 is 10.0 Å². The second-order valence-corrected chi connectivity index (χ2v) is 12.4. The second kappa shape index (κ2) is 11.0. The second-order valence-electron chi connectivity index (χ2n) is 8.80. The van der Waals surface area contributed by atoms with Gasteiger partial charge in [0.05, 0.1) is 9.79 Å². The summed E-state index contributed by atoms with van der Waals surface area (Å²) in [5, 5.41) is 2.69. The standard InChI is InChI=1S/C25H29N5O5S2/c1-3-21-6-4-5-17-30(21)37(34,35)23-11-7-19(8-12-23)24(31)28-20-9-13-22(14-10-20)36(32,33)29-25-26-16-15-18(2)27-25/h7-16,21H,3-6,17H2,1-2H3,(H,28,31)(H,26,27,29). The van der Waals surface area contributed by atoms with E-state index < -0.39 is 26.0 Å². The molecule has 1 amide bonds. The maximum absolute atomic E-state index is 13.1. The zero-order valence-corrected chi connectivity index (χ0v) is 22.2. The number of anilines is 2. The van der Waals surface area contributed by atoms with Crippen molar-refractivity contribution in [1.29, 1.82) is 0 Å². The highest BCUT2D eigenvalue weighted by molar-refractivity contribution is 7.92. The molecule has 1 aliphatic rings. The molecular formula is C25H29N5O5S2. The number of nitrogens with one attached hydrogen (secondary N) is 2. The third-order valence-corrected chi connectivity index (χ3v) is 9.52. The number of amides is 1. The van der Waals surface area contributed by atoms with Crippen LogP contribution in [0.25, 0.3) is 0 Å². The largest absolute Gasteiger partial charge is 0.322 e. The Morgan fingerprint density at radius 3 is 2.30 bits per heavy atom. The number of carbonyl (C=O) groups excluding carboxylic acids is 1. The quantitative estimate of drug-likeness (QED) is 0.441. The highest BCUT2D eigenvalue weighted by Crippen LogP contribution is 2.27. The lowest BCUT2D eigenvalue weighted by atomic mass is 10.0. The molecular weight excluding hydrogens is 514 g/mol. The van der Waals surface area contributed by atoms with Crippen molar-refractivity contribution in [1.82, 2.24) is 14.3 Å². The van der Waals surface area contributed by atoms with Gasteiger partial charge < -0.3 is 5.32 Å². The topological polar surface area (TPSA) is 138 Å². The number of nitrogens with zero attached hydrogens (tertiary/aromatic N) is 3. The van der Waals surface area contributed by atoms with Crippen LogP contribution in [0.15, 0.2) is 70.6 Å². The molecule has 0 bridgehead atoms. The third-order valence-electron chi connectivity index (χ3n) is 6.21. The summed E-state index contributed by atoms with van der Waals surface area (Å²) in [4.78, 5) is 20.8. The van der Waals surface area contributed by atoms with Gasteiger partial charge in [0.15, 0.2) is 0 Å². The van der Waals surface area contributed by atoms with Gasteiger partial charge in [0, 0.05) is 35.7 Å². The van der Waals surface area contributed by atoms with E-state index in [9.17, 15) is 21.6 Å². The number of carbonyl (C=O) groups is 1. The van der Waals surface area contributed by atoms with Gasteiger partial charge in [-0.1, -0.05) is 13.3 Å². The summed E-state index contributed by atoms with van der Waals surface area (Å²) >= 11 is 0. The van der Waals surface area contributed by atoms with Crippen LogP contribution in [-0.4, -0.2) is 49.6 Å². The number of benzene rings is 2. The van der Waals surface area contributed by atoms with E-state index >= 15 is 0 Å². The molecule has 0 spiro atoms. The fraction of sp³-hybridized carbons (Fsp3) is 0.320. The van der Waals surface area contributed by atoms with Crippen LogP contribution in [0, 0.1) is 6.92 Å². The number of sulfonamides is 2. The van der Waals surface area contributed by atoms with E-state index in [4.69, 9.17) is 0 Å². The maximum Gasteiger partial charge on any atom is 0.264 e. The predicted octanol–water partition coefficient (Wildman–Crippen LogP) is 3.79. The molecule has 3 aromatic rings. The molecule has 0 aliphatic carbocycles. The molecule has 1 unspecified atom stereocenters. The van der Waals surface area contributed by atoms with E-state index in [0.29, 0.717) is 17.9 Å². The molecule has 37 heavy (non-hydrogen) atoms. The Labute approximate surface area is 217 Å². The molecule has 10 nitrogen and oxygen atoms in total. The summed E-state index contributed by atoms with van der Waals surface area (Å²) in [5.41, 5.74) is 1.28. The summed E-state index contributed by atoms with van der Waals surface area (Å²) < 4.78 is 55.4. The highest BCUT2D eigenvalue weighted by atomic mass is 32.2.